The van der Waals surface area contributed by atoms with Gasteiger partial charge in [0.05, 0.1) is 5.41 Å². The summed E-state index contributed by atoms with van der Waals surface area (Å²) in [6, 6.07) is 10.7. The van der Waals surface area contributed by atoms with Crippen molar-refractivity contribution in [3.05, 3.63) is 57.6 Å². The molecular weight excluding hydrogens is 252 g/mol. The van der Waals surface area contributed by atoms with E-state index < -0.39 is 0 Å². The first-order valence-electron chi connectivity index (χ1n) is 6.98. The molecule has 1 aromatic heterocycles. The van der Waals surface area contributed by atoms with Crippen molar-refractivity contribution in [2.75, 3.05) is 0 Å². The Morgan fingerprint density at radius 2 is 1.89 bits per heavy atom. The van der Waals surface area contributed by atoms with Gasteiger partial charge < -0.3 is 4.98 Å². The zero-order valence-corrected chi connectivity index (χ0v) is 11.6. The molecule has 0 unspecified atom stereocenters. The number of H-pyrrole nitrogens is 1. The summed E-state index contributed by atoms with van der Waals surface area (Å²) >= 11 is 5.48. The molecule has 96 valence electrons. The summed E-state index contributed by atoms with van der Waals surface area (Å²) in [6.07, 6.45) is 5.77. The first kappa shape index (κ1) is 11.4. The van der Waals surface area contributed by atoms with E-state index in [1.54, 1.807) is 0 Å². The third-order valence-corrected chi connectivity index (χ3v) is 4.83. The Morgan fingerprint density at radius 3 is 2.63 bits per heavy atom. The van der Waals surface area contributed by atoms with E-state index in [2.05, 4.69) is 35.3 Å². The number of aryl methyl sites for hydroxylation is 1. The smallest absolute Gasteiger partial charge is 0.133 e. The van der Waals surface area contributed by atoms with Gasteiger partial charge in [-0.25, -0.2) is 4.98 Å². The fourth-order valence-corrected chi connectivity index (χ4v) is 3.55. The van der Waals surface area contributed by atoms with Crippen LogP contribution in [-0.2, 0) is 18.3 Å². The first-order valence-corrected chi connectivity index (χ1v) is 7.38. The molecule has 0 spiro atoms. The minimum Gasteiger partial charge on any atom is -0.346 e. The van der Waals surface area contributed by atoms with Gasteiger partial charge in [-0.3, -0.25) is 0 Å². The Morgan fingerprint density at radius 1 is 1.11 bits per heavy atom. The average molecular weight is 268 g/mol. The number of rotatable bonds is 2. The van der Waals surface area contributed by atoms with E-state index >= 15 is 0 Å². The van der Waals surface area contributed by atoms with Crippen molar-refractivity contribution in [2.45, 2.75) is 37.5 Å². The van der Waals surface area contributed by atoms with Crippen LogP contribution < -0.4 is 0 Å². The largest absolute Gasteiger partial charge is 0.346 e. The number of hydrogen-bond acceptors (Lipinski definition) is 2. The highest BCUT2D eigenvalue weighted by Crippen LogP contribution is 2.52. The lowest BCUT2D eigenvalue weighted by atomic mass is 9.95. The van der Waals surface area contributed by atoms with Crippen molar-refractivity contribution in [1.82, 2.24) is 9.97 Å². The van der Waals surface area contributed by atoms with Gasteiger partial charge in [0, 0.05) is 11.3 Å². The number of hydrogen-bond donors (Lipinski definition) is 1. The Hall–Kier alpha value is -1.48. The molecule has 4 rings (SSSR count). The Bertz CT molecular complexity index is 684. The van der Waals surface area contributed by atoms with E-state index in [1.165, 1.54) is 36.1 Å². The van der Waals surface area contributed by atoms with Crippen LogP contribution in [0, 0.1) is 4.64 Å². The van der Waals surface area contributed by atoms with Crippen molar-refractivity contribution in [1.29, 1.82) is 0 Å². The molecule has 1 saturated carbocycles. The normalized spacial score (nSPS) is 19.2. The fourth-order valence-electron chi connectivity index (χ4n) is 3.23. The number of nitrogens with one attached hydrogen (secondary N) is 1. The fraction of sp³-hybridized carbons (Fsp3) is 0.375. The van der Waals surface area contributed by atoms with Crippen LogP contribution in [0.2, 0.25) is 0 Å². The summed E-state index contributed by atoms with van der Waals surface area (Å²) in [5.74, 6) is 1.09. The SMILES string of the molecule is S=c1nc(C2(c3ccccc3)CC2)[nH]c2c1CCC2. The minimum atomic E-state index is 0.104. The van der Waals surface area contributed by atoms with Crippen LogP contribution in [0.4, 0.5) is 0 Å². The number of nitrogens with zero attached hydrogens (tertiary/aromatic N) is 1. The van der Waals surface area contributed by atoms with Crippen LogP contribution in [0.25, 0.3) is 0 Å². The van der Waals surface area contributed by atoms with Crippen molar-refractivity contribution in [3.63, 3.8) is 0 Å². The third kappa shape index (κ3) is 1.68. The summed E-state index contributed by atoms with van der Waals surface area (Å²) in [7, 11) is 0. The molecule has 1 N–H and O–H groups in total. The predicted octanol–water partition coefficient (Wildman–Crippen LogP) is 3.71. The number of aromatic amines is 1. The standard InChI is InChI=1S/C16H16N2S/c19-14-12-7-4-8-13(12)17-15(18-14)16(9-10-16)11-5-2-1-3-6-11/h1-3,5-6H,4,7-10H2,(H,17,18,19). The van der Waals surface area contributed by atoms with Gasteiger partial charge in [0.25, 0.3) is 0 Å². The van der Waals surface area contributed by atoms with E-state index in [-0.39, 0.29) is 5.41 Å². The van der Waals surface area contributed by atoms with E-state index in [0.29, 0.717) is 0 Å². The molecule has 2 aromatic rings. The summed E-state index contributed by atoms with van der Waals surface area (Å²) < 4.78 is 0.823. The van der Waals surface area contributed by atoms with Crippen LogP contribution >= 0.6 is 12.2 Å². The molecule has 1 fully saturated rings. The van der Waals surface area contributed by atoms with Crippen LogP contribution in [0.5, 0.6) is 0 Å². The first-order chi connectivity index (χ1) is 9.29. The summed E-state index contributed by atoms with van der Waals surface area (Å²) in [5.41, 5.74) is 4.08. The molecule has 0 radical (unpaired) electrons. The monoisotopic (exact) mass is 268 g/mol. The van der Waals surface area contributed by atoms with E-state index in [1.807, 2.05) is 0 Å². The van der Waals surface area contributed by atoms with Crippen molar-refractivity contribution in [3.8, 4) is 0 Å². The second-order valence-corrected chi connectivity index (χ2v) is 6.04. The second kappa shape index (κ2) is 4.01. The van der Waals surface area contributed by atoms with E-state index in [4.69, 9.17) is 17.2 Å². The molecule has 0 bridgehead atoms. The van der Waals surface area contributed by atoms with Gasteiger partial charge in [-0.05, 0) is 37.7 Å². The maximum Gasteiger partial charge on any atom is 0.133 e. The molecule has 2 aliphatic rings. The Labute approximate surface area is 117 Å². The highest BCUT2D eigenvalue weighted by Gasteiger charge is 2.48. The second-order valence-electron chi connectivity index (χ2n) is 5.65. The Balaban J connectivity index is 1.86. The lowest BCUT2D eigenvalue weighted by Gasteiger charge is -2.16. The minimum absolute atomic E-state index is 0.104. The average Bonchev–Trinajstić information content (AvgIpc) is 3.12. The maximum atomic E-state index is 5.48. The molecule has 1 heterocycles. The van der Waals surface area contributed by atoms with Crippen LogP contribution in [0.1, 0.15) is 41.9 Å². The highest BCUT2D eigenvalue weighted by atomic mass is 32.1. The maximum absolute atomic E-state index is 5.48. The highest BCUT2D eigenvalue weighted by molar-refractivity contribution is 7.71. The van der Waals surface area contributed by atoms with Gasteiger partial charge in [-0.1, -0.05) is 42.5 Å². The van der Waals surface area contributed by atoms with Gasteiger partial charge in [0.1, 0.15) is 10.5 Å². The molecule has 19 heavy (non-hydrogen) atoms. The summed E-state index contributed by atoms with van der Waals surface area (Å²) in [6.45, 7) is 0. The van der Waals surface area contributed by atoms with E-state index in [0.717, 1.165) is 23.3 Å². The molecule has 0 aliphatic heterocycles. The van der Waals surface area contributed by atoms with Crippen LogP contribution in [-0.4, -0.2) is 9.97 Å². The number of fused-ring (bicyclic) bond motifs is 1. The number of aromatic nitrogens is 2. The van der Waals surface area contributed by atoms with Crippen LogP contribution in [0.3, 0.4) is 0 Å². The van der Waals surface area contributed by atoms with Crippen molar-refractivity contribution in [2.24, 2.45) is 0 Å². The molecule has 2 nitrogen and oxygen atoms in total. The van der Waals surface area contributed by atoms with Gasteiger partial charge in [0.2, 0.25) is 0 Å². The molecule has 0 atom stereocenters. The van der Waals surface area contributed by atoms with Gasteiger partial charge in [-0.2, -0.15) is 0 Å². The molecular formula is C16H16N2S. The lowest BCUT2D eigenvalue weighted by Crippen LogP contribution is -2.15. The lowest BCUT2D eigenvalue weighted by molar-refractivity contribution is 0.739. The topological polar surface area (TPSA) is 28.7 Å². The van der Waals surface area contributed by atoms with Gasteiger partial charge in [0.15, 0.2) is 0 Å². The Kier molecular flexibility index (Phi) is 2.39. The summed E-state index contributed by atoms with van der Waals surface area (Å²) in [4.78, 5) is 8.30. The molecule has 2 aliphatic carbocycles. The summed E-state index contributed by atoms with van der Waals surface area (Å²) in [5, 5.41) is 0. The van der Waals surface area contributed by atoms with Gasteiger partial charge in [-0.15, -0.1) is 0 Å². The molecule has 3 heteroatoms. The quantitative estimate of drug-likeness (QED) is 0.841. The van der Waals surface area contributed by atoms with Crippen molar-refractivity contribution < 1.29 is 0 Å². The van der Waals surface area contributed by atoms with Crippen LogP contribution in [0.15, 0.2) is 30.3 Å². The van der Waals surface area contributed by atoms with E-state index in [9.17, 15) is 0 Å². The van der Waals surface area contributed by atoms with Gasteiger partial charge >= 0.3 is 0 Å². The molecule has 0 saturated heterocycles. The zero-order chi connectivity index (χ0) is 12.9. The molecule has 0 amide bonds. The predicted molar refractivity (Wildman–Crippen MR) is 77.9 cm³/mol. The number of benzene rings is 1. The molecule has 1 aromatic carbocycles. The zero-order valence-electron chi connectivity index (χ0n) is 10.8. The third-order valence-electron chi connectivity index (χ3n) is 4.49. The van der Waals surface area contributed by atoms with Crippen molar-refractivity contribution >= 4 is 12.2 Å².